The number of para-hydroxylation sites is 1. The molecule has 0 fully saturated rings. The molecule has 7 heteroatoms. The van der Waals surface area contributed by atoms with Crippen LogP contribution in [0.15, 0.2) is 47.4 Å². The zero-order chi connectivity index (χ0) is 23.2. The zero-order valence-corrected chi connectivity index (χ0v) is 24.2. The molecule has 33 heavy (non-hydrogen) atoms. The van der Waals surface area contributed by atoms with Crippen LogP contribution in [0.3, 0.4) is 0 Å². The summed E-state index contributed by atoms with van der Waals surface area (Å²) in [5.41, 5.74) is 0.359. The summed E-state index contributed by atoms with van der Waals surface area (Å²) >= 11 is 0. The van der Waals surface area contributed by atoms with Crippen LogP contribution in [0, 0.1) is 0 Å². The summed E-state index contributed by atoms with van der Waals surface area (Å²) < 4.78 is 38.6. The maximum absolute atomic E-state index is 12.6. The Labute approximate surface area is 242 Å². The van der Waals surface area contributed by atoms with Crippen LogP contribution < -0.4 is 61.2 Å². The molecule has 0 radical (unpaired) electrons. The van der Waals surface area contributed by atoms with Gasteiger partial charge in [-0.2, -0.15) is 8.42 Å². The van der Waals surface area contributed by atoms with Gasteiger partial charge in [0, 0.05) is 6.07 Å². The number of unbranched alkanes of at least 4 members (excludes halogenated alkanes) is 11. The van der Waals surface area contributed by atoms with Crippen molar-refractivity contribution in [2.45, 2.75) is 95.3 Å². The van der Waals surface area contributed by atoms with Crippen LogP contribution in [-0.4, -0.2) is 13.0 Å². The van der Waals surface area contributed by atoms with E-state index in [4.69, 9.17) is 4.74 Å². The van der Waals surface area contributed by atoms with E-state index in [0.29, 0.717) is 17.7 Å². The van der Waals surface area contributed by atoms with E-state index in [0.717, 1.165) is 25.3 Å². The zero-order valence-electron chi connectivity index (χ0n) is 20.2. The first kappa shape index (κ1) is 30.6. The van der Waals surface area contributed by atoms with Gasteiger partial charge in [-0.3, -0.25) is 4.55 Å². The molecule has 0 amide bonds. The largest absolute Gasteiger partial charge is 1.00 e. The first-order valence-electron chi connectivity index (χ1n) is 12.0. The van der Waals surface area contributed by atoms with Crippen molar-refractivity contribution in [3.8, 4) is 17.2 Å². The molecule has 2 rings (SSSR count). The maximum atomic E-state index is 12.6. The van der Waals surface area contributed by atoms with Crippen molar-refractivity contribution in [2.75, 3.05) is 0 Å². The van der Waals surface area contributed by atoms with Crippen LogP contribution >= 0.6 is 0 Å². The normalized spacial score (nSPS) is 11.2. The van der Waals surface area contributed by atoms with Crippen molar-refractivity contribution < 1.29 is 74.2 Å². The number of hydrogen-bond acceptors (Lipinski definition) is 4. The predicted octanol–water partition coefficient (Wildman–Crippen LogP) is 4.05. The van der Waals surface area contributed by atoms with E-state index >= 15 is 0 Å². The van der Waals surface area contributed by atoms with E-state index in [1.54, 1.807) is 30.3 Å². The van der Waals surface area contributed by atoms with E-state index in [1.807, 2.05) is 6.07 Å². The van der Waals surface area contributed by atoms with Crippen LogP contribution in [-0.2, 0) is 16.5 Å². The minimum absolute atomic E-state index is 0. The van der Waals surface area contributed by atoms with E-state index in [2.05, 4.69) is 6.92 Å². The molecule has 0 aromatic heterocycles. The molecule has 0 unspecified atom stereocenters. The fourth-order valence-electron chi connectivity index (χ4n) is 3.85. The molecule has 0 aliphatic carbocycles. The average molecular weight is 501 g/mol. The number of aryl methyl sites for hydroxylation is 1. The van der Waals surface area contributed by atoms with Crippen molar-refractivity contribution >= 4 is 10.1 Å². The van der Waals surface area contributed by atoms with Crippen molar-refractivity contribution in [1.29, 1.82) is 0 Å². The molecule has 0 aliphatic heterocycles. The molecule has 0 aliphatic rings. The van der Waals surface area contributed by atoms with Crippen LogP contribution in [0.1, 0.15) is 89.5 Å². The first-order valence-corrected chi connectivity index (χ1v) is 13.4. The molecular weight excluding hydrogens is 463 g/mol. The molecule has 2 aromatic rings. The van der Waals surface area contributed by atoms with Crippen LogP contribution in [0.25, 0.3) is 0 Å². The van der Waals surface area contributed by atoms with Gasteiger partial charge in [0.15, 0.2) is 0 Å². The van der Waals surface area contributed by atoms with Crippen molar-refractivity contribution in [2.24, 2.45) is 0 Å². The van der Waals surface area contributed by atoms with Crippen molar-refractivity contribution in [3.05, 3.63) is 48.0 Å². The third kappa shape index (κ3) is 12.2. The molecule has 0 bridgehead atoms. The third-order valence-electron chi connectivity index (χ3n) is 5.66. The van der Waals surface area contributed by atoms with Gasteiger partial charge >= 0.3 is 51.4 Å². The molecule has 0 heterocycles. The molecule has 0 atom stereocenters. The minimum atomic E-state index is -4.62. The summed E-state index contributed by atoms with van der Waals surface area (Å²) in [4.78, 5) is -0.625. The molecule has 1 N–H and O–H groups in total. The Morgan fingerprint density at radius 1 is 0.788 bits per heavy atom. The maximum Gasteiger partial charge on any atom is 1.00 e. The number of rotatable bonds is 16. The second-order valence-corrected chi connectivity index (χ2v) is 9.83. The fourth-order valence-corrected chi connectivity index (χ4v) is 4.48. The Balaban J connectivity index is 0.00000544. The van der Waals surface area contributed by atoms with Crippen LogP contribution in [0.2, 0.25) is 0 Å². The Morgan fingerprint density at radius 2 is 1.30 bits per heavy atom. The van der Waals surface area contributed by atoms with Gasteiger partial charge < -0.3 is 9.84 Å². The van der Waals surface area contributed by atoms with Crippen molar-refractivity contribution in [3.63, 3.8) is 0 Å². The summed E-state index contributed by atoms with van der Waals surface area (Å²) in [5.74, 6) is 0.122. The molecule has 2 aromatic carbocycles. The SMILES string of the molecule is CCCCCCCCCCCCCCc1cc(Oc2ccccc2)cc(S(=O)(=O)O)c1[O-].[K+]. The topological polar surface area (TPSA) is 86.7 Å². The van der Waals surface area contributed by atoms with Crippen LogP contribution in [0.5, 0.6) is 17.2 Å². The van der Waals surface area contributed by atoms with Gasteiger partial charge in [-0.05, 0) is 31.0 Å². The Hall–Kier alpha value is -0.414. The first-order chi connectivity index (χ1) is 15.4. The second-order valence-electron chi connectivity index (χ2n) is 8.44. The number of benzene rings is 2. The minimum Gasteiger partial charge on any atom is -0.871 e. The van der Waals surface area contributed by atoms with Crippen LogP contribution in [0.4, 0.5) is 0 Å². The smallest absolute Gasteiger partial charge is 0.871 e. The quantitative estimate of drug-likeness (QED) is 0.213. The summed E-state index contributed by atoms with van der Waals surface area (Å²) in [6.45, 7) is 2.24. The Kier molecular flexibility index (Phi) is 15.9. The van der Waals surface area contributed by atoms with E-state index in [9.17, 15) is 18.1 Å². The molecule has 5 nitrogen and oxygen atoms in total. The van der Waals surface area contributed by atoms with Gasteiger partial charge in [-0.15, -0.1) is 0 Å². The number of hydrogen-bond donors (Lipinski definition) is 1. The average Bonchev–Trinajstić information content (AvgIpc) is 2.76. The fraction of sp³-hybridized carbons (Fsp3) is 0.538. The van der Waals surface area contributed by atoms with E-state index < -0.39 is 20.8 Å². The van der Waals surface area contributed by atoms with Gasteiger partial charge in [0.05, 0.1) is 4.90 Å². The van der Waals surface area contributed by atoms with Gasteiger partial charge in [0.1, 0.15) is 11.5 Å². The third-order valence-corrected chi connectivity index (χ3v) is 6.52. The summed E-state index contributed by atoms with van der Waals surface area (Å²) in [7, 11) is -4.62. The van der Waals surface area contributed by atoms with Gasteiger partial charge in [-0.25, -0.2) is 0 Å². The second kappa shape index (κ2) is 17.1. The summed E-state index contributed by atoms with van der Waals surface area (Å²) in [5, 5.41) is 12.6. The van der Waals surface area contributed by atoms with Gasteiger partial charge in [0.25, 0.3) is 10.1 Å². The predicted molar refractivity (Wildman–Crippen MR) is 127 cm³/mol. The molecule has 0 spiro atoms. The van der Waals surface area contributed by atoms with Gasteiger partial charge in [0.2, 0.25) is 0 Å². The summed E-state index contributed by atoms with van der Waals surface area (Å²) in [6.07, 6.45) is 15.1. The standard InChI is InChI=1S/C26H38O5S.K/c1-2-3-4-5-6-7-8-9-10-11-12-14-17-22-20-24(31-23-18-15-13-16-19-23)21-25(26(22)27)32(28,29)30;/h13,15-16,18-21,27H,2-12,14,17H2,1H3,(H,28,29,30);/q;+1/p-1. The van der Waals surface area contributed by atoms with Gasteiger partial charge in [-0.1, -0.05) is 107 Å². The van der Waals surface area contributed by atoms with E-state index in [1.165, 1.54) is 57.8 Å². The molecule has 0 saturated heterocycles. The Bertz CT molecular complexity index is 900. The monoisotopic (exact) mass is 500 g/mol. The molecule has 178 valence electrons. The van der Waals surface area contributed by atoms with E-state index in [-0.39, 0.29) is 57.1 Å². The summed E-state index contributed by atoms with van der Waals surface area (Å²) in [6, 6.07) is 11.6. The number of ether oxygens (including phenoxy) is 1. The molecular formula is C26H37KO5S. The molecule has 0 saturated carbocycles. The Morgan fingerprint density at radius 3 is 1.82 bits per heavy atom. The van der Waals surface area contributed by atoms with Crippen molar-refractivity contribution in [1.82, 2.24) is 0 Å².